The van der Waals surface area contributed by atoms with Gasteiger partial charge in [-0.3, -0.25) is 0 Å². The molecule has 0 radical (unpaired) electrons. The van der Waals surface area contributed by atoms with Crippen LogP contribution < -0.4 is 5.73 Å². The van der Waals surface area contributed by atoms with Crippen LogP contribution >= 0.6 is 11.6 Å². The third-order valence-electron chi connectivity index (χ3n) is 4.04. The Morgan fingerprint density at radius 2 is 1.91 bits per heavy atom. The second kappa shape index (κ2) is 6.59. The summed E-state index contributed by atoms with van der Waals surface area (Å²) in [6.07, 6.45) is 3.19. The van der Waals surface area contributed by atoms with E-state index in [1.807, 2.05) is 37.3 Å². The molecule has 5 heteroatoms. The summed E-state index contributed by atoms with van der Waals surface area (Å²) in [5.41, 5.74) is 10.5. The predicted molar refractivity (Wildman–Crippen MR) is 95.8 cm³/mol. The molecule has 0 fully saturated rings. The zero-order chi connectivity index (χ0) is 16.4. The summed E-state index contributed by atoms with van der Waals surface area (Å²) >= 11 is 5.98. The highest BCUT2D eigenvalue weighted by Crippen LogP contribution is 2.22. The van der Waals surface area contributed by atoms with Crippen molar-refractivity contribution < 1.29 is 0 Å². The highest BCUT2D eigenvalue weighted by molar-refractivity contribution is 6.30. The van der Waals surface area contributed by atoms with Gasteiger partial charge < -0.3 is 10.3 Å². The molecule has 120 valence electrons. The largest absolute Gasteiger partial charge is 0.397 e. The SMILES string of the molecule is CCCCc1nc2cc(N)c(C)nc2n1Cc1ccc(Cl)cc1. The number of rotatable bonds is 5. The molecule has 0 aliphatic heterocycles. The Bertz CT molecular complexity index is 821. The van der Waals surface area contributed by atoms with E-state index in [-0.39, 0.29) is 0 Å². The number of benzene rings is 1. The average Bonchev–Trinajstić information content (AvgIpc) is 2.85. The molecule has 0 aliphatic rings. The third kappa shape index (κ3) is 3.32. The van der Waals surface area contributed by atoms with Gasteiger partial charge in [0.05, 0.1) is 17.9 Å². The second-order valence-electron chi connectivity index (χ2n) is 5.85. The fraction of sp³-hybridized carbons (Fsp3) is 0.333. The Labute approximate surface area is 141 Å². The molecular weight excluding hydrogens is 308 g/mol. The van der Waals surface area contributed by atoms with Crippen molar-refractivity contribution in [1.82, 2.24) is 14.5 Å². The van der Waals surface area contributed by atoms with Crippen molar-refractivity contribution in [3.63, 3.8) is 0 Å². The zero-order valence-electron chi connectivity index (χ0n) is 13.5. The van der Waals surface area contributed by atoms with Gasteiger partial charge in [-0.15, -0.1) is 0 Å². The van der Waals surface area contributed by atoms with E-state index in [0.29, 0.717) is 5.69 Å². The number of imidazole rings is 1. The minimum absolute atomic E-state index is 0.690. The molecule has 4 nitrogen and oxygen atoms in total. The molecule has 2 N–H and O–H groups in total. The van der Waals surface area contributed by atoms with Gasteiger partial charge in [-0.05, 0) is 37.1 Å². The number of hydrogen-bond donors (Lipinski definition) is 1. The van der Waals surface area contributed by atoms with Gasteiger partial charge in [-0.25, -0.2) is 9.97 Å². The van der Waals surface area contributed by atoms with Crippen molar-refractivity contribution >= 4 is 28.5 Å². The number of aryl methyl sites for hydroxylation is 2. The lowest BCUT2D eigenvalue weighted by molar-refractivity contribution is 0.686. The molecular formula is C18H21ClN4. The molecule has 0 spiro atoms. The molecule has 2 aromatic heterocycles. The van der Waals surface area contributed by atoms with Crippen molar-refractivity contribution in [2.45, 2.75) is 39.7 Å². The maximum atomic E-state index is 5.99. The van der Waals surface area contributed by atoms with E-state index in [4.69, 9.17) is 22.3 Å². The monoisotopic (exact) mass is 328 g/mol. The second-order valence-corrected chi connectivity index (χ2v) is 6.29. The molecule has 3 rings (SSSR count). The highest BCUT2D eigenvalue weighted by Gasteiger charge is 2.13. The molecule has 0 saturated carbocycles. The maximum absolute atomic E-state index is 5.99. The van der Waals surface area contributed by atoms with E-state index in [1.165, 1.54) is 5.56 Å². The van der Waals surface area contributed by atoms with Crippen molar-refractivity contribution in [3.8, 4) is 0 Å². The Hall–Kier alpha value is -2.07. The minimum Gasteiger partial charge on any atom is -0.397 e. The molecule has 1 aromatic carbocycles. The molecule has 0 aliphatic carbocycles. The van der Waals surface area contributed by atoms with Crippen LogP contribution in [0, 0.1) is 6.92 Å². The summed E-state index contributed by atoms with van der Waals surface area (Å²) in [6.45, 7) is 4.86. The van der Waals surface area contributed by atoms with Crippen LogP contribution in [0.3, 0.4) is 0 Å². The van der Waals surface area contributed by atoms with Crippen LogP contribution in [0.1, 0.15) is 36.8 Å². The molecule has 2 heterocycles. The van der Waals surface area contributed by atoms with Gasteiger partial charge in [0.2, 0.25) is 0 Å². The number of nitrogen functional groups attached to an aromatic ring is 1. The summed E-state index contributed by atoms with van der Waals surface area (Å²) in [5.74, 6) is 1.06. The first kappa shape index (κ1) is 15.8. The Balaban J connectivity index is 2.07. The van der Waals surface area contributed by atoms with Gasteiger partial charge >= 0.3 is 0 Å². The molecule has 3 aromatic rings. The standard InChI is InChI=1S/C18H21ClN4/c1-3-4-5-17-22-16-10-15(20)12(2)21-18(16)23(17)11-13-6-8-14(19)9-7-13/h6-10H,3-5,11,20H2,1-2H3. The topological polar surface area (TPSA) is 56.7 Å². The first-order valence-electron chi connectivity index (χ1n) is 7.95. The Morgan fingerprint density at radius 3 is 2.61 bits per heavy atom. The van der Waals surface area contributed by atoms with Gasteiger partial charge in [-0.2, -0.15) is 0 Å². The summed E-state index contributed by atoms with van der Waals surface area (Å²) < 4.78 is 2.20. The number of nitrogens with zero attached hydrogens (tertiary/aromatic N) is 3. The van der Waals surface area contributed by atoms with Crippen molar-refractivity contribution in [2.24, 2.45) is 0 Å². The minimum atomic E-state index is 0.690. The van der Waals surface area contributed by atoms with E-state index < -0.39 is 0 Å². The van der Waals surface area contributed by atoms with Crippen molar-refractivity contribution in [3.05, 3.63) is 52.4 Å². The third-order valence-corrected chi connectivity index (χ3v) is 4.29. The van der Waals surface area contributed by atoms with E-state index in [9.17, 15) is 0 Å². The summed E-state index contributed by atoms with van der Waals surface area (Å²) in [5, 5.41) is 0.747. The number of nitrogens with two attached hydrogens (primary N) is 1. The quantitative estimate of drug-likeness (QED) is 0.756. The van der Waals surface area contributed by atoms with Gasteiger partial charge in [0.15, 0.2) is 5.65 Å². The number of aromatic nitrogens is 3. The van der Waals surface area contributed by atoms with Gasteiger partial charge in [0, 0.05) is 11.4 Å². The number of anilines is 1. The van der Waals surface area contributed by atoms with E-state index in [2.05, 4.69) is 16.5 Å². The van der Waals surface area contributed by atoms with Crippen LogP contribution in [0.15, 0.2) is 30.3 Å². The first-order chi connectivity index (χ1) is 11.1. The molecule has 0 bridgehead atoms. The number of pyridine rings is 1. The number of halogens is 1. The molecule has 0 amide bonds. The summed E-state index contributed by atoms with van der Waals surface area (Å²) in [7, 11) is 0. The summed E-state index contributed by atoms with van der Waals surface area (Å²) in [6, 6.07) is 9.84. The van der Waals surface area contributed by atoms with Crippen molar-refractivity contribution in [2.75, 3.05) is 5.73 Å². The van der Waals surface area contributed by atoms with Gasteiger partial charge in [0.1, 0.15) is 11.3 Å². The summed E-state index contributed by atoms with van der Waals surface area (Å²) in [4.78, 5) is 9.43. The van der Waals surface area contributed by atoms with Crippen LogP contribution in [-0.2, 0) is 13.0 Å². The molecule has 23 heavy (non-hydrogen) atoms. The Morgan fingerprint density at radius 1 is 1.17 bits per heavy atom. The van der Waals surface area contributed by atoms with Crippen LogP contribution in [0.5, 0.6) is 0 Å². The molecule has 0 unspecified atom stereocenters. The fourth-order valence-corrected chi connectivity index (χ4v) is 2.79. The lowest BCUT2D eigenvalue weighted by Gasteiger charge is -2.09. The first-order valence-corrected chi connectivity index (χ1v) is 8.33. The smallest absolute Gasteiger partial charge is 0.160 e. The lowest BCUT2D eigenvalue weighted by Crippen LogP contribution is -2.06. The fourth-order valence-electron chi connectivity index (χ4n) is 2.66. The van der Waals surface area contributed by atoms with E-state index >= 15 is 0 Å². The lowest BCUT2D eigenvalue weighted by atomic mass is 10.2. The molecule has 0 atom stereocenters. The van der Waals surface area contributed by atoms with Crippen LogP contribution in [0.2, 0.25) is 5.02 Å². The maximum Gasteiger partial charge on any atom is 0.160 e. The van der Waals surface area contributed by atoms with Crippen LogP contribution in [0.25, 0.3) is 11.2 Å². The number of hydrogen-bond acceptors (Lipinski definition) is 3. The van der Waals surface area contributed by atoms with Crippen LogP contribution in [0.4, 0.5) is 5.69 Å². The Kier molecular flexibility index (Phi) is 4.53. The van der Waals surface area contributed by atoms with E-state index in [0.717, 1.165) is 53.5 Å². The highest BCUT2D eigenvalue weighted by atomic mass is 35.5. The van der Waals surface area contributed by atoms with Gasteiger partial charge in [-0.1, -0.05) is 37.1 Å². The normalized spacial score (nSPS) is 11.3. The molecule has 0 saturated heterocycles. The average molecular weight is 329 g/mol. The van der Waals surface area contributed by atoms with Crippen LogP contribution in [-0.4, -0.2) is 14.5 Å². The van der Waals surface area contributed by atoms with E-state index in [1.54, 1.807) is 0 Å². The zero-order valence-corrected chi connectivity index (χ0v) is 14.3. The number of fused-ring (bicyclic) bond motifs is 1. The van der Waals surface area contributed by atoms with Crippen molar-refractivity contribution in [1.29, 1.82) is 0 Å². The number of unbranched alkanes of at least 4 members (excludes halogenated alkanes) is 1. The van der Waals surface area contributed by atoms with Gasteiger partial charge in [0.25, 0.3) is 0 Å². The predicted octanol–water partition coefficient (Wildman–Crippen LogP) is 4.37.